The number of thiazole rings is 1. The molecule has 7 nitrogen and oxygen atoms in total. The molecule has 1 aromatic heterocycles. The Morgan fingerprint density at radius 2 is 1.84 bits per heavy atom. The third-order valence-corrected chi connectivity index (χ3v) is 7.35. The molecule has 37 heavy (non-hydrogen) atoms. The lowest BCUT2D eigenvalue weighted by atomic mass is 9.86. The first-order valence-electron chi connectivity index (χ1n) is 12.3. The Balaban J connectivity index is 1.30. The highest BCUT2D eigenvalue weighted by molar-refractivity contribution is 7.15. The smallest absolute Gasteiger partial charge is 0.407 e. The maximum atomic E-state index is 14.9. The molecular weight excluding hydrogens is 498 g/mol. The summed E-state index contributed by atoms with van der Waals surface area (Å²) in [7, 11) is 0. The van der Waals surface area contributed by atoms with Crippen LogP contribution in [0.4, 0.5) is 24.1 Å². The van der Waals surface area contributed by atoms with Crippen LogP contribution < -0.4 is 16.0 Å². The maximum Gasteiger partial charge on any atom is 0.407 e. The Bertz CT molecular complexity index is 1240. The third kappa shape index (κ3) is 7.25. The van der Waals surface area contributed by atoms with E-state index in [-0.39, 0.29) is 30.7 Å². The zero-order valence-corrected chi connectivity index (χ0v) is 21.5. The van der Waals surface area contributed by atoms with Gasteiger partial charge in [0.15, 0.2) is 0 Å². The second kappa shape index (κ2) is 12.1. The van der Waals surface area contributed by atoms with Gasteiger partial charge in [-0.25, -0.2) is 23.4 Å². The fourth-order valence-electron chi connectivity index (χ4n) is 4.29. The van der Waals surface area contributed by atoms with Gasteiger partial charge in [0.2, 0.25) is 0 Å². The first kappa shape index (κ1) is 26.5. The van der Waals surface area contributed by atoms with Crippen LogP contribution in [0.2, 0.25) is 0 Å². The molecule has 0 saturated heterocycles. The monoisotopic (exact) mass is 528 g/mol. The van der Waals surface area contributed by atoms with E-state index in [2.05, 4.69) is 20.9 Å². The molecule has 10 heteroatoms. The predicted molar refractivity (Wildman–Crippen MR) is 140 cm³/mol. The molecule has 1 aliphatic carbocycles. The Kier molecular flexibility index (Phi) is 8.70. The van der Waals surface area contributed by atoms with E-state index >= 15 is 0 Å². The van der Waals surface area contributed by atoms with Gasteiger partial charge in [0, 0.05) is 41.5 Å². The molecule has 0 unspecified atom stereocenters. The van der Waals surface area contributed by atoms with Crippen LogP contribution in [0.1, 0.15) is 56.0 Å². The number of halogens is 2. The van der Waals surface area contributed by atoms with Crippen LogP contribution in [0.3, 0.4) is 0 Å². The SMILES string of the molecule is CC(C)OC(=O)NC1CCC(c2ncc(-c3ccc(NC(=O)NCc4ccccc4F)cc3F)s2)CC1. The first-order valence-corrected chi connectivity index (χ1v) is 13.1. The molecular formula is C27H30F2N4O3S. The molecule has 1 fully saturated rings. The number of alkyl carbamates (subject to hydrolysis) is 1. The number of nitrogens with one attached hydrogen (secondary N) is 3. The number of carbonyl (C=O) groups excluding carboxylic acids is 2. The van der Waals surface area contributed by atoms with Crippen molar-refractivity contribution in [3.8, 4) is 10.4 Å². The number of benzene rings is 2. The van der Waals surface area contributed by atoms with Crippen LogP contribution in [-0.4, -0.2) is 29.3 Å². The lowest BCUT2D eigenvalue weighted by molar-refractivity contribution is 0.109. The second-order valence-electron chi connectivity index (χ2n) is 9.30. The Morgan fingerprint density at radius 1 is 1.08 bits per heavy atom. The van der Waals surface area contributed by atoms with Crippen molar-refractivity contribution in [2.75, 3.05) is 5.32 Å². The van der Waals surface area contributed by atoms with Crippen molar-refractivity contribution in [2.45, 2.75) is 64.1 Å². The van der Waals surface area contributed by atoms with Gasteiger partial charge in [0.05, 0.1) is 16.0 Å². The molecule has 3 aromatic rings. The Hall–Kier alpha value is -3.53. The highest BCUT2D eigenvalue weighted by Gasteiger charge is 2.26. The van der Waals surface area contributed by atoms with Gasteiger partial charge in [-0.3, -0.25) is 0 Å². The quantitative estimate of drug-likeness (QED) is 0.323. The van der Waals surface area contributed by atoms with Crippen LogP contribution in [-0.2, 0) is 11.3 Å². The largest absolute Gasteiger partial charge is 0.447 e. The fraction of sp³-hybridized carbons (Fsp3) is 0.370. The summed E-state index contributed by atoms with van der Waals surface area (Å²) < 4.78 is 33.8. The van der Waals surface area contributed by atoms with E-state index in [1.165, 1.54) is 23.5 Å². The molecule has 3 amide bonds. The van der Waals surface area contributed by atoms with Crippen molar-refractivity contribution in [3.05, 3.63) is 70.9 Å². The number of urea groups is 1. The number of hydrogen-bond acceptors (Lipinski definition) is 5. The number of rotatable bonds is 7. The van der Waals surface area contributed by atoms with Crippen LogP contribution >= 0.6 is 11.3 Å². The minimum atomic E-state index is -0.557. The van der Waals surface area contributed by atoms with Crippen molar-refractivity contribution in [1.82, 2.24) is 15.6 Å². The van der Waals surface area contributed by atoms with Crippen molar-refractivity contribution >= 4 is 29.1 Å². The molecule has 0 bridgehead atoms. The molecule has 4 rings (SSSR count). The summed E-state index contributed by atoms with van der Waals surface area (Å²) in [5, 5.41) is 9.01. The number of ether oxygens (including phenoxy) is 1. The van der Waals surface area contributed by atoms with E-state index in [0.29, 0.717) is 21.7 Å². The predicted octanol–water partition coefficient (Wildman–Crippen LogP) is 6.57. The number of anilines is 1. The minimum absolute atomic E-state index is 0.0166. The summed E-state index contributed by atoms with van der Waals surface area (Å²) in [6.07, 6.45) is 4.57. The van der Waals surface area contributed by atoms with Gasteiger partial charge in [-0.2, -0.15) is 0 Å². The standard InChI is InChI=1S/C27H30F2N4O3S/c1-16(2)36-27(35)33-19-9-7-17(8-10-19)25-30-15-24(37-25)21-12-11-20(13-23(21)29)32-26(34)31-14-18-5-3-4-6-22(18)28/h3-6,11-13,15-17,19H,7-10,14H2,1-2H3,(H,33,35)(H2,31,32,34). The van der Waals surface area contributed by atoms with E-state index in [9.17, 15) is 18.4 Å². The van der Waals surface area contributed by atoms with Gasteiger partial charge in [0.1, 0.15) is 11.6 Å². The van der Waals surface area contributed by atoms with Crippen molar-refractivity contribution < 1.29 is 23.1 Å². The van der Waals surface area contributed by atoms with Crippen molar-refractivity contribution in [2.24, 2.45) is 0 Å². The lowest BCUT2D eigenvalue weighted by Gasteiger charge is -2.28. The highest BCUT2D eigenvalue weighted by Crippen LogP contribution is 2.38. The van der Waals surface area contributed by atoms with Crippen LogP contribution in [0, 0.1) is 11.6 Å². The average Bonchev–Trinajstić information content (AvgIpc) is 3.33. The lowest BCUT2D eigenvalue weighted by Crippen LogP contribution is -2.38. The minimum Gasteiger partial charge on any atom is -0.447 e. The zero-order chi connectivity index (χ0) is 26.4. The van der Waals surface area contributed by atoms with Gasteiger partial charge in [-0.05, 0) is 63.8 Å². The molecule has 0 atom stereocenters. The topological polar surface area (TPSA) is 92.3 Å². The van der Waals surface area contributed by atoms with Gasteiger partial charge >= 0.3 is 12.1 Å². The summed E-state index contributed by atoms with van der Waals surface area (Å²) in [6, 6.07) is 10.2. The molecule has 1 aliphatic rings. The third-order valence-electron chi connectivity index (χ3n) is 6.15. The number of carbonyl (C=O) groups is 2. The summed E-state index contributed by atoms with van der Waals surface area (Å²) in [6.45, 7) is 3.65. The van der Waals surface area contributed by atoms with E-state index in [1.807, 2.05) is 13.8 Å². The van der Waals surface area contributed by atoms with Gasteiger partial charge in [0.25, 0.3) is 0 Å². The molecule has 0 radical (unpaired) electrons. The van der Waals surface area contributed by atoms with Gasteiger partial charge in [-0.1, -0.05) is 18.2 Å². The van der Waals surface area contributed by atoms with Gasteiger partial charge < -0.3 is 20.7 Å². The molecule has 196 valence electrons. The molecule has 2 aromatic carbocycles. The molecule has 1 saturated carbocycles. The summed E-state index contributed by atoms with van der Waals surface area (Å²) in [4.78, 5) is 29.3. The van der Waals surface area contributed by atoms with Crippen LogP contribution in [0.25, 0.3) is 10.4 Å². The van der Waals surface area contributed by atoms with E-state index in [0.717, 1.165) is 30.7 Å². The van der Waals surface area contributed by atoms with Crippen LogP contribution in [0.15, 0.2) is 48.7 Å². The second-order valence-corrected chi connectivity index (χ2v) is 10.4. The zero-order valence-electron chi connectivity index (χ0n) is 20.7. The highest BCUT2D eigenvalue weighted by atomic mass is 32.1. The van der Waals surface area contributed by atoms with Crippen molar-refractivity contribution in [1.29, 1.82) is 0 Å². The molecule has 1 heterocycles. The Morgan fingerprint density at radius 3 is 2.54 bits per heavy atom. The average molecular weight is 529 g/mol. The maximum absolute atomic E-state index is 14.9. The normalized spacial score (nSPS) is 17.3. The number of nitrogens with zero attached hydrogens (tertiary/aromatic N) is 1. The Labute approximate surface area is 218 Å². The molecule has 0 spiro atoms. The van der Waals surface area contributed by atoms with Gasteiger partial charge in [-0.15, -0.1) is 11.3 Å². The summed E-state index contributed by atoms with van der Waals surface area (Å²) >= 11 is 1.46. The van der Waals surface area contributed by atoms with Crippen LogP contribution in [0.5, 0.6) is 0 Å². The number of amides is 3. The van der Waals surface area contributed by atoms with E-state index < -0.39 is 17.7 Å². The summed E-state index contributed by atoms with van der Waals surface area (Å²) in [5.74, 6) is -0.614. The first-order chi connectivity index (χ1) is 17.8. The molecule has 0 aliphatic heterocycles. The molecule has 3 N–H and O–H groups in total. The van der Waals surface area contributed by atoms with E-state index in [4.69, 9.17) is 4.74 Å². The number of hydrogen-bond donors (Lipinski definition) is 3. The summed E-state index contributed by atoms with van der Waals surface area (Å²) in [5.41, 5.74) is 1.06. The van der Waals surface area contributed by atoms with Crippen molar-refractivity contribution in [3.63, 3.8) is 0 Å². The van der Waals surface area contributed by atoms with E-state index in [1.54, 1.807) is 36.5 Å². The fourth-order valence-corrected chi connectivity index (χ4v) is 5.40. The number of aromatic nitrogens is 1.